The van der Waals surface area contributed by atoms with E-state index in [0.717, 1.165) is 0 Å². The minimum absolute atomic E-state index is 0.583. The van der Waals surface area contributed by atoms with Gasteiger partial charge in [-0.2, -0.15) is 0 Å². The highest BCUT2D eigenvalue weighted by Gasteiger charge is 2.60. The second-order valence-electron chi connectivity index (χ2n) is 22.9. The van der Waals surface area contributed by atoms with Gasteiger partial charge in [0.15, 0.2) is 44.0 Å². The molecular weight excluding hydrogens is 1210 g/mol. The van der Waals surface area contributed by atoms with E-state index in [0.29, 0.717) is 0 Å². The Balaban J connectivity index is 0.975. The summed E-state index contributed by atoms with van der Waals surface area (Å²) in [6.07, 6.45) is -78.5. The second-order valence-corrected chi connectivity index (χ2v) is 22.9. The molecule has 88 heavy (non-hydrogen) atoms. The van der Waals surface area contributed by atoms with Crippen LogP contribution in [0.4, 0.5) is 0 Å². The number of hydrogen-bond acceptors (Lipinski definition) is 39. The summed E-state index contributed by atoms with van der Waals surface area (Å²) in [6.45, 7) is -8.36. The summed E-state index contributed by atoms with van der Waals surface area (Å²) in [6, 6.07) is 0. The summed E-state index contributed by atoms with van der Waals surface area (Å²) < 4.78 is 85.9. The van der Waals surface area contributed by atoms with Crippen molar-refractivity contribution in [2.45, 2.75) is 246 Å². The van der Waals surface area contributed by atoms with Crippen LogP contribution in [0.3, 0.4) is 0 Å². The quantitative estimate of drug-likeness (QED) is 0.107. The van der Waals surface area contributed by atoms with Gasteiger partial charge in [-0.15, -0.1) is 0 Å². The van der Waals surface area contributed by atoms with E-state index in [1.54, 1.807) is 0 Å². The molecule has 24 N–H and O–H groups in total. The number of hydrogen-bond donors (Lipinski definition) is 24. The van der Waals surface area contributed by atoms with Gasteiger partial charge in [-0.1, -0.05) is 0 Å². The van der Waals surface area contributed by atoms with Crippen LogP contribution in [0.1, 0.15) is 6.42 Å². The van der Waals surface area contributed by atoms with Crippen molar-refractivity contribution in [2.75, 3.05) is 52.9 Å². The van der Waals surface area contributed by atoms with Crippen molar-refractivity contribution in [2.24, 2.45) is 5.92 Å². The largest absolute Gasteiger partial charge is 0.394 e. The first kappa shape index (κ1) is 70.7. The van der Waals surface area contributed by atoms with E-state index in [1.165, 1.54) is 0 Å². The van der Waals surface area contributed by atoms with Crippen LogP contribution in [0.5, 0.6) is 0 Å². The van der Waals surface area contributed by atoms with Crippen molar-refractivity contribution >= 4 is 0 Å². The van der Waals surface area contributed by atoms with Crippen LogP contribution < -0.4 is 0 Å². The maximum atomic E-state index is 11.5. The van der Waals surface area contributed by atoms with Crippen LogP contribution in [-0.4, -0.2) is 415 Å². The molecule has 0 spiro atoms. The molecule has 30 saturated heterocycles. The fourth-order valence-corrected chi connectivity index (χ4v) is 12.4. The van der Waals surface area contributed by atoms with E-state index in [1.807, 2.05) is 0 Å². The maximum absolute atomic E-state index is 11.5. The van der Waals surface area contributed by atoms with Gasteiger partial charge in [-0.25, -0.2) is 0 Å². The molecule has 30 aliphatic rings. The number of ether oxygens (including phenoxy) is 15. The molecule has 16 bridgehead atoms. The van der Waals surface area contributed by atoms with Crippen molar-refractivity contribution in [1.82, 2.24) is 0 Å². The third kappa shape index (κ3) is 13.8. The molecule has 0 saturated carbocycles. The van der Waals surface area contributed by atoms with E-state index in [2.05, 4.69) is 0 Å². The van der Waals surface area contributed by atoms with Gasteiger partial charge in [-0.05, 0) is 6.42 Å². The van der Waals surface area contributed by atoms with E-state index in [4.69, 9.17) is 71.1 Å². The van der Waals surface area contributed by atoms with E-state index in [9.17, 15) is 123 Å². The zero-order valence-corrected chi connectivity index (χ0v) is 46.3. The molecule has 30 fully saturated rings. The van der Waals surface area contributed by atoms with Gasteiger partial charge in [-0.3, -0.25) is 0 Å². The lowest BCUT2D eigenvalue weighted by Crippen LogP contribution is -2.68. The predicted molar refractivity (Wildman–Crippen MR) is 264 cm³/mol. The Morgan fingerprint density at radius 2 is 0.352 bits per heavy atom. The third-order valence-corrected chi connectivity index (χ3v) is 17.5. The van der Waals surface area contributed by atoms with Crippen LogP contribution in [-0.2, 0) is 71.1 Å². The van der Waals surface area contributed by atoms with Crippen LogP contribution in [0, 0.1) is 5.92 Å². The summed E-state index contributed by atoms with van der Waals surface area (Å²) in [5, 5.41) is 266. The van der Waals surface area contributed by atoms with Crippen LogP contribution in [0.25, 0.3) is 0 Å². The fraction of sp³-hybridized carbons (Fsp3) is 1.00. The molecular formula is C49H82O39. The van der Waals surface area contributed by atoms with Gasteiger partial charge in [0.2, 0.25) is 0 Å². The average molecular weight is 1300 g/mol. The summed E-state index contributed by atoms with van der Waals surface area (Å²) in [4.78, 5) is 0. The van der Waals surface area contributed by atoms with Crippen LogP contribution in [0.2, 0.25) is 0 Å². The SMILES string of the molecule is OC[C@H]1OC2OC3[C@@H](CO)OC(O[C@H]4[C@H](O)[C@@H](O)C(C[C@H]5[C@H](O)[C@@H](O)C(O[C@H]6[C@H](O)[C@@H](O)C(O[C@H]7[C@H](O)[C@@H](O)C(O[C@H]8[C@H](O)[C@@H](O)C(O[C@H]9[C@H](O)[C@@H](O)C(OC1[C@H](O)[C@H]2O)O[C@@H]9CO)O[C@@H]8CO)O[C@@H]7CO)O[C@@H]6CO)O[C@@H]5CO)O[C@@H]4CO)[C@H](O)[C@H]3O. The molecule has 0 radical (unpaired) electrons. The summed E-state index contributed by atoms with van der Waals surface area (Å²) in [7, 11) is 0. The molecule has 0 aliphatic carbocycles. The van der Waals surface area contributed by atoms with Crippen molar-refractivity contribution < 1.29 is 194 Å². The Hall–Kier alpha value is -1.56. The predicted octanol–water partition coefficient (Wildman–Crippen LogP) is -16.7. The molecule has 10 unspecified atom stereocenters. The molecule has 0 amide bonds. The number of rotatable bonds is 8. The van der Waals surface area contributed by atoms with Crippen molar-refractivity contribution in [1.29, 1.82) is 0 Å². The Bertz CT molecular complexity index is 1700. The lowest BCUT2D eigenvalue weighted by Gasteiger charge is -2.50. The summed E-state index contributed by atoms with van der Waals surface area (Å²) in [5.41, 5.74) is 0. The van der Waals surface area contributed by atoms with Crippen molar-refractivity contribution in [3.05, 3.63) is 0 Å². The molecule has 30 rings (SSSR count). The minimum Gasteiger partial charge on any atom is -0.394 e. The van der Waals surface area contributed by atoms with Gasteiger partial charge in [0, 0.05) is 5.92 Å². The molecule has 39 nitrogen and oxygen atoms in total. The summed E-state index contributed by atoms with van der Waals surface area (Å²) in [5.74, 6) is -1.42. The topological polar surface area (TPSA) is 624 Å². The first-order valence-electron chi connectivity index (χ1n) is 28.5. The molecule has 0 aromatic heterocycles. The molecule has 40 atom stereocenters. The number of aliphatic hydroxyl groups excluding tert-OH is 24. The second kappa shape index (κ2) is 30.0. The van der Waals surface area contributed by atoms with Gasteiger partial charge in [0.25, 0.3) is 0 Å². The Kier molecular flexibility index (Phi) is 24.1. The van der Waals surface area contributed by atoms with Gasteiger partial charge >= 0.3 is 0 Å². The van der Waals surface area contributed by atoms with E-state index >= 15 is 0 Å². The minimum atomic E-state index is -2.24. The van der Waals surface area contributed by atoms with Gasteiger partial charge in [0.05, 0.1) is 71.2 Å². The normalized spacial score (nSPS) is 55.4. The molecule has 30 aliphatic heterocycles. The Labute approximate surface area is 497 Å². The third-order valence-electron chi connectivity index (χ3n) is 17.5. The monoisotopic (exact) mass is 1290 g/mol. The van der Waals surface area contributed by atoms with Crippen molar-refractivity contribution in [3.63, 3.8) is 0 Å². The first-order valence-corrected chi connectivity index (χ1v) is 28.5. The molecule has 0 aromatic rings. The molecule has 30 heterocycles. The van der Waals surface area contributed by atoms with Gasteiger partial charge in [0.1, 0.15) is 177 Å². The zero-order chi connectivity index (χ0) is 64.1. The Morgan fingerprint density at radius 1 is 0.182 bits per heavy atom. The Morgan fingerprint density at radius 3 is 0.557 bits per heavy atom. The summed E-state index contributed by atoms with van der Waals surface area (Å²) >= 11 is 0. The van der Waals surface area contributed by atoms with Crippen LogP contribution >= 0.6 is 0 Å². The highest BCUT2D eigenvalue weighted by atomic mass is 16.8. The molecule has 512 valence electrons. The van der Waals surface area contributed by atoms with Crippen LogP contribution in [0.15, 0.2) is 0 Å². The fourth-order valence-electron chi connectivity index (χ4n) is 12.4. The number of aliphatic hydroxyl groups is 24. The highest BCUT2D eigenvalue weighted by Crippen LogP contribution is 2.41. The smallest absolute Gasteiger partial charge is 0.187 e. The zero-order valence-electron chi connectivity index (χ0n) is 46.3. The first-order chi connectivity index (χ1) is 41.9. The maximum Gasteiger partial charge on any atom is 0.187 e. The molecule has 0 aromatic carbocycles. The van der Waals surface area contributed by atoms with E-state index < -0.39 is 305 Å². The lowest BCUT2D eigenvalue weighted by atomic mass is 9.81. The standard InChI is InChI=1S/C49H82O39/c50-2-12-10-1-11-21(59)22(60)36(13(3-51)74-11)82-44-30(68)24(62)38(15(5-53)76-44)84-46-32(70)26(64)40(17(7-55)78-46)86-48-34(72)28(66)42(19(9-57)80-48)88-49-35(73)27(65)41(18(8-56)81-49)87-47-33(71)25(63)39(16(6-54)79-47)85-45-31(69)23(61)37(14(4-52)77-45)83-43(75-12)29(67)20(10)58/h10-73H,1-9H2/t10-,11?,12-,13-,14-,15-,16-,17-,18-,19-,20+,21+,22-,23-,24-,25-,26-,27-,28-,29-,30-,31-,32-,33-,34-,35-,36-,37-,38?,39-,40?,41-,42-,43?,44?,45?,46?,47?,48?,49?/m1/s1. The lowest BCUT2D eigenvalue weighted by molar-refractivity contribution is -0.399. The highest BCUT2D eigenvalue weighted by molar-refractivity contribution is 5.03. The van der Waals surface area contributed by atoms with Crippen molar-refractivity contribution in [3.8, 4) is 0 Å². The molecule has 39 heteroatoms. The average Bonchev–Trinajstić information content (AvgIpc) is 3.62. The van der Waals surface area contributed by atoms with E-state index in [-0.39, 0.29) is 0 Å². The van der Waals surface area contributed by atoms with Gasteiger partial charge < -0.3 is 194 Å².